The number of ether oxygens (including phenoxy) is 2. The Morgan fingerprint density at radius 1 is 1.00 bits per heavy atom. The van der Waals surface area contributed by atoms with Crippen molar-refractivity contribution >= 4 is 5.91 Å². The van der Waals surface area contributed by atoms with Crippen LogP contribution in [-0.4, -0.2) is 30.7 Å². The lowest BCUT2D eigenvalue weighted by Crippen LogP contribution is -2.28. The molecular weight excluding hydrogens is 332 g/mol. The molecule has 134 valence electrons. The number of nitrogens with one attached hydrogen (secondary N) is 1. The van der Waals surface area contributed by atoms with Gasteiger partial charge in [-0.25, -0.2) is 4.98 Å². The molecule has 0 unspecified atom stereocenters. The number of carbonyl (C=O) groups is 1. The van der Waals surface area contributed by atoms with Gasteiger partial charge in [0.25, 0.3) is 0 Å². The molecule has 2 aromatic carbocycles. The Kier molecular flexibility index (Phi) is 6.39. The molecule has 3 rings (SSSR count). The molecule has 0 radical (unpaired) electrons. The molecule has 0 saturated heterocycles. The minimum Gasteiger partial charge on any atom is -0.491 e. The second kappa shape index (κ2) is 9.39. The van der Waals surface area contributed by atoms with Crippen LogP contribution in [0.25, 0.3) is 11.3 Å². The van der Waals surface area contributed by atoms with Gasteiger partial charge in [0.2, 0.25) is 11.8 Å². The Labute approximate surface area is 151 Å². The molecule has 0 bridgehead atoms. The van der Waals surface area contributed by atoms with E-state index in [9.17, 15) is 4.79 Å². The molecule has 1 heterocycles. The lowest BCUT2D eigenvalue weighted by Gasteiger charge is -2.07. The SMILES string of the molecule is O=C(COCCOc1ccccc1)NCc1ncc(-c2ccccc2)o1. The number of benzene rings is 2. The standard InChI is InChI=1S/C20H20N2O4/c23-19(15-24-11-12-25-17-9-5-2-6-10-17)21-14-20-22-13-18(26-20)16-7-3-1-4-8-16/h1-10,13H,11-12,14-15H2,(H,21,23). The number of oxazole rings is 1. The highest BCUT2D eigenvalue weighted by Gasteiger charge is 2.08. The van der Waals surface area contributed by atoms with E-state index in [-0.39, 0.29) is 19.1 Å². The third-order valence-corrected chi connectivity index (χ3v) is 3.52. The van der Waals surface area contributed by atoms with Crippen molar-refractivity contribution in [3.8, 4) is 17.1 Å². The lowest BCUT2D eigenvalue weighted by atomic mass is 10.2. The largest absolute Gasteiger partial charge is 0.491 e. The van der Waals surface area contributed by atoms with E-state index < -0.39 is 0 Å². The van der Waals surface area contributed by atoms with Gasteiger partial charge in [-0.2, -0.15) is 0 Å². The summed E-state index contributed by atoms with van der Waals surface area (Å²) in [6.07, 6.45) is 1.65. The van der Waals surface area contributed by atoms with Gasteiger partial charge < -0.3 is 19.2 Å². The molecule has 0 spiro atoms. The smallest absolute Gasteiger partial charge is 0.246 e. The van der Waals surface area contributed by atoms with Gasteiger partial charge >= 0.3 is 0 Å². The highest BCUT2D eigenvalue weighted by molar-refractivity contribution is 5.77. The Morgan fingerprint density at radius 2 is 1.73 bits per heavy atom. The van der Waals surface area contributed by atoms with Gasteiger partial charge in [0.1, 0.15) is 19.0 Å². The van der Waals surface area contributed by atoms with E-state index in [2.05, 4.69) is 10.3 Å². The molecule has 3 aromatic rings. The Morgan fingerprint density at radius 3 is 2.50 bits per heavy atom. The highest BCUT2D eigenvalue weighted by Crippen LogP contribution is 2.19. The summed E-state index contributed by atoms with van der Waals surface area (Å²) in [4.78, 5) is 15.9. The molecule has 0 atom stereocenters. The molecule has 6 heteroatoms. The van der Waals surface area contributed by atoms with Crippen molar-refractivity contribution in [3.63, 3.8) is 0 Å². The normalized spacial score (nSPS) is 10.5. The fourth-order valence-electron chi connectivity index (χ4n) is 2.25. The van der Waals surface area contributed by atoms with Gasteiger partial charge in [0, 0.05) is 5.56 Å². The van der Waals surface area contributed by atoms with Gasteiger partial charge in [-0.15, -0.1) is 0 Å². The first-order chi connectivity index (χ1) is 12.8. The third kappa shape index (κ3) is 5.46. The van der Waals surface area contributed by atoms with Gasteiger partial charge in [-0.3, -0.25) is 4.79 Å². The predicted molar refractivity (Wildman–Crippen MR) is 96.5 cm³/mol. The molecule has 0 fully saturated rings. The number of hydrogen-bond donors (Lipinski definition) is 1. The number of nitrogens with zero attached hydrogens (tertiary/aromatic N) is 1. The van der Waals surface area contributed by atoms with Crippen molar-refractivity contribution < 1.29 is 18.7 Å². The van der Waals surface area contributed by atoms with Crippen LogP contribution in [0.15, 0.2) is 71.3 Å². The zero-order valence-electron chi connectivity index (χ0n) is 14.3. The van der Waals surface area contributed by atoms with E-state index >= 15 is 0 Å². The van der Waals surface area contributed by atoms with Gasteiger partial charge in [-0.1, -0.05) is 48.5 Å². The van der Waals surface area contributed by atoms with E-state index in [0.717, 1.165) is 11.3 Å². The first kappa shape index (κ1) is 17.7. The quantitative estimate of drug-likeness (QED) is 0.599. The van der Waals surface area contributed by atoms with Crippen molar-refractivity contribution in [1.82, 2.24) is 10.3 Å². The minimum absolute atomic E-state index is 0.0373. The van der Waals surface area contributed by atoms with E-state index in [1.54, 1.807) is 6.20 Å². The number of carbonyl (C=O) groups excluding carboxylic acids is 1. The summed E-state index contributed by atoms with van der Waals surface area (Å²) in [7, 11) is 0. The number of hydrogen-bond acceptors (Lipinski definition) is 5. The van der Waals surface area contributed by atoms with E-state index in [1.807, 2.05) is 60.7 Å². The van der Waals surface area contributed by atoms with Gasteiger partial charge in [0.15, 0.2) is 5.76 Å². The summed E-state index contributed by atoms with van der Waals surface area (Å²) < 4.78 is 16.4. The zero-order valence-corrected chi connectivity index (χ0v) is 14.3. The van der Waals surface area contributed by atoms with Crippen LogP contribution in [0.1, 0.15) is 5.89 Å². The minimum atomic E-state index is -0.232. The Balaban J connectivity index is 1.32. The van der Waals surface area contributed by atoms with Crippen LogP contribution in [-0.2, 0) is 16.1 Å². The van der Waals surface area contributed by atoms with Gasteiger partial charge in [-0.05, 0) is 12.1 Å². The van der Waals surface area contributed by atoms with Crippen LogP contribution < -0.4 is 10.1 Å². The van der Waals surface area contributed by atoms with Crippen LogP contribution in [0, 0.1) is 0 Å². The second-order valence-electron chi connectivity index (χ2n) is 5.48. The molecule has 0 saturated carbocycles. The monoisotopic (exact) mass is 352 g/mol. The fraction of sp³-hybridized carbons (Fsp3) is 0.200. The Bertz CT molecular complexity index is 803. The summed E-state index contributed by atoms with van der Waals surface area (Å²) in [6, 6.07) is 19.1. The van der Waals surface area contributed by atoms with Crippen molar-refractivity contribution in [1.29, 1.82) is 0 Å². The van der Waals surface area contributed by atoms with Crippen LogP contribution in [0.4, 0.5) is 0 Å². The van der Waals surface area contributed by atoms with E-state index in [1.165, 1.54) is 0 Å². The molecule has 26 heavy (non-hydrogen) atoms. The number of rotatable bonds is 9. The first-order valence-corrected chi connectivity index (χ1v) is 8.34. The summed E-state index contributed by atoms with van der Waals surface area (Å²) >= 11 is 0. The van der Waals surface area contributed by atoms with Crippen LogP contribution in [0.5, 0.6) is 5.75 Å². The van der Waals surface area contributed by atoms with Crippen LogP contribution in [0.2, 0.25) is 0 Å². The number of amides is 1. The summed E-state index contributed by atoms with van der Waals surface area (Å²) in [5, 5.41) is 2.71. The van der Waals surface area contributed by atoms with E-state index in [4.69, 9.17) is 13.9 Å². The zero-order chi connectivity index (χ0) is 18.0. The van der Waals surface area contributed by atoms with Crippen molar-refractivity contribution in [2.75, 3.05) is 19.8 Å². The average Bonchev–Trinajstić information content (AvgIpc) is 3.17. The van der Waals surface area contributed by atoms with Crippen molar-refractivity contribution in [2.45, 2.75) is 6.54 Å². The third-order valence-electron chi connectivity index (χ3n) is 3.52. The number of aromatic nitrogens is 1. The van der Waals surface area contributed by atoms with Crippen LogP contribution in [0.3, 0.4) is 0 Å². The maximum atomic E-state index is 11.8. The molecule has 1 N–H and O–H groups in total. The Hall–Kier alpha value is -3.12. The maximum absolute atomic E-state index is 11.8. The molecule has 0 aliphatic heterocycles. The summed E-state index contributed by atoms with van der Waals surface area (Å²) in [5.41, 5.74) is 0.944. The van der Waals surface area contributed by atoms with Crippen molar-refractivity contribution in [3.05, 3.63) is 72.8 Å². The lowest BCUT2D eigenvalue weighted by molar-refractivity contribution is -0.126. The summed E-state index contributed by atoms with van der Waals surface area (Å²) in [5.74, 6) is 1.66. The van der Waals surface area contributed by atoms with Crippen molar-refractivity contribution in [2.24, 2.45) is 0 Å². The van der Waals surface area contributed by atoms with Crippen LogP contribution >= 0.6 is 0 Å². The van der Waals surface area contributed by atoms with E-state index in [0.29, 0.717) is 24.9 Å². The molecule has 6 nitrogen and oxygen atoms in total. The molecular formula is C20H20N2O4. The molecule has 1 aromatic heterocycles. The topological polar surface area (TPSA) is 73.6 Å². The molecule has 1 amide bonds. The maximum Gasteiger partial charge on any atom is 0.246 e. The fourth-order valence-corrected chi connectivity index (χ4v) is 2.25. The first-order valence-electron chi connectivity index (χ1n) is 8.34. The number of para-hydroxylation sites is 1. The average molecular weight is 352 g/mol. The summed E-state index contributed by atoms with van der Waals surface area (Å²) in [6.45, 7) is 0.900. The molecule has 0 aliphatic carbocycles. The predicted octanol–water partition coefficient (Wildman–Crippen LogP) is 3.05. The second-order valence-corrected chi connectivity index (χ2v) is 5.48. The van der Waals surface area contributed by atoms with Gasteiger partial charge in [0.05, 0.1) is 19.3 Å². The highest BCUT2D eigenvalue weighted by atomic mass is 16.5. The molecule has 0 aliphatic rings.